The summed E-state index contributed by atoms with van der Waals surface area (Å²) in [4.78, 5) is 8.46. The van der Waals surface area contributed by atoms with E-state index >= 15 is 0 Å². The lowest BCUT2D eigenvalue weighted by atomic mass is 10.2. The summed E-state index contributed by atoms with van der Waals surface area (Å²) < 4.78 is 18.8. The average molecular weight is 314 g/mol. The highest BCUT2D eigenvalue weighted by Crippen LogP contribution is 2.33. The smallest absolute Gasteiger partial charge is 0.196 e. The number of aromatic nitrogens is 2. The minimum atomic E-state index is -0.295. The quantitative estimate of drug-likeness (QED) is 0.571. The van der Waals surface area contributed by atoms with Crippen molar-refractivity contribution in [2.75, 3.05) is 5.32 Å². The number of fused-ring (bicyclic) bond motifs is 3. The fourth-order valence-corrected chi connectivity index (χ4v) is 2.48. The number of rotatable bonds is 2. The van der Waals surface area contributed by atoms with Crippen molar-refractivity contribution in [2.45, 2.75) is 0 Å². The van der Waals surface area contributed by atoms with Crippen molar-refractivity contribution in [3.8, 4) is 0 Å². The van der Waals surface area contributed by atoms with Gasteiger partial charge in [-0.15, -0.1) is 0 Å². The van der Waals surface area contributed by atoms with E-state index in [1.807, 2.05) is 0 Å². The molecule has 0 fully saturated rings. The summed E-state index contributed by atoms with van der Waals surface area (Å²) in [6.45, 7) is 0. The van der Waals surface area contributed by atoms with Crippen LogP contribution in [0.5, 0.6) is 0 Å². The molecular weight excluding hydrogens is 305 g/mol. The van der Waals surface area contributed by atoms with Crippen LogP contribution in [0.3, 0.4) is 0 Å². The van der Waals surface area contributed by atoms with Gasteiger partial charge < -0.3 is 9.73 Å². The highest BCUT2D eigenvalue weighted by atomic mass is 35.5. The Morgan fingerprint density at radius 1 is 1.05 bits per heavy atom. The van der Waals surface area contributed by atoms with Gasteiger partial charge in [0, 0.05) is 16.1 Å². The minimum Gasteiger partial charge on any atom is -0.450 e. The molecule has 22 heavy (non-hydrogen) atoms. The number of anilines is 2. The third-order valence-electron chi connectivity index (χ3n) is 3.32. The van der Waals surface area contributed by atoms with Gasteiger partial charge in [0.15, 0.2) is 11.4 Å². The van der Waals surface area contributed by atoms with Crippen molar-refractivity contribution in [3.05, 3.63) is 59.6 Å². The fraction of sp³-hybridized carbons (Fsp3) is 0. The van der Waals surface area contributed by atoms with Crippen LogP contribution >= 0.6 is 11.6 Å². The summed E-state index contributed by atoms with van der Waals surface area (Å²) >= 11 is 6.02. The highest BCUT2D eigenvalue weighted by molar-refractivity contribution is 6.31. The molecule has 0 saturated heterocycles. The molecule has 0 saturated carbocycles. The Hall–Kier alpha value is -2.66. The molecule has 2 aromatic carbocycles. The second-order valence-electron chi connectivity index (χ2n) is 4.77. The van der Waals surface area contributed by atoms with Crippen molar-refractivity contribution in [1.82, 2.24) is 9.97 Å². The van der Waals surface area contributed by atoms with Crippen LogP contribution in [-0.4, -0.2) is 9.97 Å². The van der Waals surface area contributed by atoms with E-state index in [4.69, 9.17) is 16.0 Å². The van der Waals surface area contributed by atoms with Gasteiger partial charge in [-0.25, -0.2) is 14.4 Å². The molecule has 108 valence electrons. The molecule has 1 N–H and O–H groups in total. The Balaban J connectivity index is 1.87. The Kier molecular flexibility index (Phi) is 2.94. The first-order valence-corrected chi connectivity index (χ1v) is 6.94. The molecular formula is C16H9ClFN3O. The lowest BCUT2D eigenvalue weighted by molar-refractivity contribution is 0.628. The van der Waals surface area contributed by atoms with E-state index in [0.29, 0.717) is 33.2 Å². The van der Waals surface area contributed by atoms with E-state index in [9.17, 15) is 4.39 Å². The van der Waals surface area contributed by atoms with Crippen LogP contribution in [0.4, 0.5) is 15.9 Å². The summed E-state index contributed by atoms with van der Waals surface area (Å²) in [6.07, 6.45) is 1.45. The number of hydrogen-bond donors (Lipinski definition) is 1. The van der Waals surface area contributed by atoms with Crippen molar-refractivity contribution >= 4 is 45.2 Å². The molecule has 2 aromatic heterocycles. The van der Waals surface area contributed by atoms with Crippen molar-refractivity contribution < 1.29 is 8.81 Å². The standard InChI is InChI=1S/C16H9ClFN3O/c17-9-1-6-13-12(7-9)14-15(22-13)16(20-8-19-14)21-11-4-2-10(18)3-5-11/h1-8H,(H,19,20,21). The predicted molar refractivity (Wildman–Crippen MR) is 84.0 cm³/mol. The number of nitrogens with zero attached hydrogens (tertiary/aromatic N) is 2. The molecule has 0 aliphatic carbocycles. The first-order valence-electron chi connectivity index (χ1n) is 6.56. The van der Waals surface area contributed by atoms with Crippen LogP contribution in [0.25, 0.3) is 22.1 Å². The van der Waals surface area contributed by atoms with Gasteiger partial charge in [0.25, 0.3) is 0 Å². The third kappa shape index (κ3) is 2.16. The van der Waals surface area contributed by atoms with Crippen molar-refractivity contribution in [3.63, 3.8) is 0 Å². The van der Waals surface area contributed by atoms with Gasteiger partial charge in [0.2, 0.25) is 0 Å². The summed E-state index contributed by atoms with van der Waals surface area (Å²) in [6, 6.07) is 11.4. The SMILES string of the molecule is Fc1ccc(Nc2ncnc3c2oc2ccc(Cl)cc23)cc1. The van der Waals surface area contributed by atoms with E-state index in [1.165, 1.54) is 18.5 Å². The Morgan fingerprint density at radius 3 is 2.68 bits per heavy atom. The summed E-state index contributed by atoms with van der Waals surface area (Å²) in [5.74, 6) is 0.223. The number of benzene rings is 2. The molecule has 4 rings (SSSR count). The van der Waals surface area contributed by atoms with E-state index in [0.717, 1.165) is 5.39 Å². The maximum Gasteiger partial charge on any atom is 0.196 e. The van der Waals surface area contributed by atoms with Crippen molar-refractivity contribution in [2.24, 2.45) is 0 Å². The number of nitrogens with one attached hydrogen (secondary N) is 1. The second-order valence-corrected chi connectivity index (χ2v) is 5.21. The van der Waals surface area contributed by atoms with Crippen LogP contribution in [-0.2, 0) is 0 Å². The monoisotopic (exact) mass is 313 g/mol. The van der Waals surface area contributed by atoms with Crippen molar-refractivity contribution in [1.29, 1.82) is 0 Å². The zero-order valence-electron chi connectivity index (χ0n) is 11.2. The Morgan fingerprint density at radius 2 is 1.86 bits per heavy atom. The lowest BCUT2D eigenvalue weighted by Gasteiger charge is -2.04. The van der Waals surface area contributed by atoms with Gasteiger partial charge in [-0.3, -0.25) is 0 Å². The van der Waals surface area contributed by atoms with Crippen LogP contribution in [0, 0.1) is 5.82 Å². The van der Waals surface area contributed by atoms with E-state index in [-0.39, 0.29) is 5.82 Å². The molecule has 0 unspecified atom stereocenters. The van der Waals surface area contributed by atoms with Gasteiger partial charge in [-0.2, -0.15) is 0 Å². The maximum atomic E-state index is 13.0. The van der Waals surface area contributed by atoms with Gasteiger partial charge in [-0.1, -0.05) is 11.6 Å². The van der Waals surface area contributed by atoms with Gasteiger partial charge in [0.1, 0.15) is 23.2 Å². The molecule has 4 nitrogen and oxygen atoms in total. The Bertz CT molecular complexity index is 982. The van der Waals surface area contributed by atoms with Crippen LogP contribution in [0.2, 0.25) is 5.02 Å². The molecule has 6 heteroatoms. The summed E-state index contributed by atoms with van der Waals surface area (Å²) in [7, 11) is 0. The van der Waals surface area contributed by atoms with Crippen LogP contribution < -0.4 is 5.32 Å². The minimum absolute atomic E-state index is 0.295. The first-order chi connectivity index (χ1) is 10.7. The largest absolute Gasteiger partial charge is 0.450 e. The average Bonchev–Trinajstić information content (AvgIpc) is 2.89. The summed E-state index contributed by atoms with van der Waals surface area (Å²) in [5, 5.41) is 4.54. The molecule has 0 aliphatic rings. The lowest BCUT2D eigenvalue weighted by Crippen LogP contribution is -1.94. The summed E-state index contributed by atoms with van der Waals surface area (Å²) in [5.41, 5.74) is 2.60. The number of furan rings is 1. The van der Waals surface area contributed by atoms with Gasteiger partial charge >= 0.3 is 0 Å². The molecule has 0 radical (unpaired) electrons. The number of halogens is 2. The molecule has 0 amide bonds. The number of hydrogen-bond acceptors (Lipinski definition) is 4. The van der Waals surface area contributed by atoms with Crippen LogP contribution in [0.1, 0.15) is 0 Å². The second kappa shape index (κ2) is 4.96. The zero-order chi connectivity index (χ0) is 15.1. The maximum absolute atomic E-state index is 13.0. The topological polar surface area (TPSA) is 51.0 Å². The third-order valence-corrected chi connectivity index (χ3v) is 3.55. The van der Waals surface area contributed by atoms with E-state index in [2.05, 4.69) is 15.3 Å². The molecule has 4 aromatic rings. The molecule has 0 atom stereocenters. The van der Waals surface area contributed by atoms with Gasteiger partial charge in [-0.05, 0) is 42.5 Å². The highest BCUT2D eigenvalue weighted by Gasteiger charge is 2.13. The molecule has 0 spiro atoms. The van der Waals surface area contributed by atoms with Gasteiger partial charge in [0.05, 0.1) is 0 Å². The molecule has 0 bridgehead atoms. The Labute approximate surface area is 129 Å². The molecule has 0 aliphatic heterocycles. The molecule has 2 heterocycles. The zero-order valence-corrected chi connectivity index (χ0v) is 11.9. The normalized spacial score (nSPS) is 11.2. The van der Waals surface area contributed by atoms with Crippen LogP contribution in [0.15, 0.2) is 53.2 Å². The van der Waals surface area contributed by atoms with E-state index < -0.39 is 0 Å². The first kappa shape index (κ1) is 13.0. The van der Waals surface area contributed by atoms with E-state index in [1.54, 1.807) is 30.3 Å². The predicted octanol–water partition coefficient (Wildman–Crippen LogP) is 4.91. The fourth-order valence-electron chi connectivity index (χ4n) is 2.31.